The number of hydrogen-bond donors (Lipinski definition) is 0. The van der Waals surface area contributed by atoms with Gasteiger partial charge in [0.2, 0.25) is 0 Å². The summed E-state index contributed by atoms with van der Waals surface area (Å²) in [5, 5.41) is -0.152. The number of benzene rings is 1. The molecule has 21 heavy (non-hydrogen) atoms. The Morgan fingerprint density at radius 3 is 2.71 bits per heavy atom. The van der Waals surface area contributed by atoms with Crippen LogP contribution in [0.5, 0.6) is 0 Å². The van der Waals surface area contributed by atoms with Crippen molar-refractivity contribution in [3.63, 3.8) is 0 Å². The molecular weight excluding hydrogens is 284 g/mol. The first-order valence-electron chi connectivity index (χ1n) is 6.94. The van der Waals surface area contributed by atoms with Gasteiger partial charge in [0.15, 0.2) is 0 Å². The van der Waals surface area contributed by atoms with E-state index in [4.69, 9.17) is 11.6 Å². The summed E-state index contributed by atoms with van der Waals surface area (Å²) in [5.74, 6) is 1.64. The van der Waals surface area contributed by atoms with Crippen LogP contribution in [-0.2, 0) is 6.54 Å². The maximum absolute atomic E-state index is 6.30. The molecule has 1 aromatic carbocycles. The molecule has 3 aromatic rings. The van der Waals surface area contributed by atoms with Gasteiger partial charge in [0.25, 0.3) is 0 Å². The second-order valence-electron chi connectivity index (χ2n) is 5.26. The minimum absolute atomic E-state index is 0.152. The van der Waals surface area contributed by atoms with E-state index in [9.17, 15) is 0 Å². The van der Waals surface area contributed by atoms with Crippen LogP contribution in [-0.4, -0.2) is 19.5 Å². The van der Waals surface area contributed by atoms with Crippen molar-refractivity contribution >= 4 is 22.6 Å². The number of nitrogens with zero attached hydrogens (tertiary/aromatic N) is 4. The van der Waals surface area contributed by atoms with Gasteiger partial charge >= 0.3 is 0 Å². The fourth-order valence-electron chi connectivity index (χ4n) is 2.48. The Labute approximate surface area is 128 Å². The van der Waals surface area contributed by atoms with Crippen molar-refractivity contribution in [1.29, 1.82) is 0 Å². The lowest BCUT2D eigenvalue weighted by molar-refractivity contribution is 0.721. The molecule has 0 saturated heterocycles. The zero-order valence-corrected chi connectivity index (χ0v) is 13.1. The Morgan fingerprint density at radius 1 is 1.19 bits per heavy atom. The molecule has 0 aliphatic carbocycles. The fourth-order valence-corrected chi connectivity index (χ4v) is 2.65. The Morgan fingerprint density at radius 2 is 2.00 bits per heavy atom. The van der Waals surface area contributed by atoms with Crippen molar-refractivity contribution in [3.05, 3.63) is 53.4 Å². The zero-order chi connectivity index (χ0) is 15.0. The van der Waals surface area contributed by atoms with Gasteiger partial charge in [-0.3, -0.25) is 0 Å². The Bertz CT molecular complexity index is 792. The van der Waals surface area contributed by atoms with Gasteiger partial charge in [0, 0.05) is 6.20 Å². The molecular formula is C16H17ClN4. The van der Waals surface area contributed by atoms with E-state index in [0.29, 0.717) is 6.54 Å². The van der Waals surface area contributed by atoms with Crippen LogP contribution in [0.4, 0.5) is 0 Å². The van der Waals surface area contributed by atoms with Gasteiger partial charge in [0.1, 0.15) is 11.6 Å². The standard InChI is InChI=1S/C16H17ClN4/c1-10-4-5-15-14(8-10)20-16(11(2)17)21(15)9-13-6-7-18-12(3)19-13/h4-8,11H,9H2,1-3H3. The number of fused-ring (bicyclic) bond motifs is 1. The van der Waals surface area contributed by atoms with E-state index < -0.39 is 0 Å². The highest BCUT2D eigenvalue weighted by atomic mass is 35.5. The molecule has 5 heteroatoms. The molecule has 2 heterocycles. The number of hydrogen-bond acceptors (Lipinski definition) is 3. The Kier molecular flexibility index (Phi) is 3.64. The molecule has 0 spiro atoms. The zero-order valence-electron chi connectivity index (χ0n) is 12.3. The van der Waals surface area contributed by atoms with Gasteiger partial charge in [-0.25, -0.2) is 15.0 Å². The van der Waals surface area contributed by atoms with Gasteiger partial charge < -0.3 is 4.57 Å². The largest absolute Gasteiger partial charge is 0.321 e. The van der Waals surface area contributed by atoms with Crippen molar-refractivity contribution in [2.75, 3.05) is 0 Å². The summed E-state index contributed by atoms with van der Waals surface area (Å²) in [4.78, 5) is 13.3. The molecule has 0 amide bonds. The molecule has 1 atom stereocenters. The first-order valence-corrected chi connectivity index (χ1v) is 7.37. The Balaban J connectivity index is 2.13. The monoisotopic (exact) mass is 300 g/mol. The van der Waals surface area contributed by atoms with Crippen LogP contribution in [0.3, 0.4) is 0 Å². The molecule has 0 bridgehead atoms. The normalized spacial score (nSPS) is 12.8. The van der Waals surface area contributed by atoms with E-state index in [1.807, 2.05) is 19.9 Å². The predicted molar refractivity (Wildman–Crippen MR) is 84.6 cm³/mol. The van der Waals surface area contributed by atoms with Crippen molar-refractivity contribution in [2.24, 2.45) is 0 Å². The second-order valence-corrected chi connectivity index (χ2v) is 5.91. The van der Waals surface area contributed by atoms with Crippen LogP contribution in [0.1, 0.15) is 35.2 Å². The summed E-state index contributed by atoms with van der Waals surface area (Å²) in [6.45, 7) is 6.55. The van der Waals surface area contributed by atoms with Crippen LogP contribution < -0.4 is 0 Å². The number of rotatable bonds is 3. The summed E-state index contributed by atoms with van der Waals surface area (Å²) in [6.07, 6.45) is 1.78. The van der Waals surface area contributed by atoms with Gasteiger partial charge in [-0.1, -0.05) is 6.07 Å². The molecule has 0 N–H and O–H groups in total. The van der Waals surface area contributed by atoms with Crippen molar-refractivity contribution in [3.8, 4) is 0 Å². The highest BCUT2D eigenvalue weighted by Gasteiger charge is 2.15. The molecule has 0 saturated carbocycles. The molecule has 1 unspecified atom stereocenters. The lowest BCUT2D eigenvalue weighted by Gasteiger charge is -2.10. The van der Waals surface area contributed by atoms with Crippen LogP contribution in [0.2, 0.25) is 0 Å². The quantitative estimate of drug-likeness (QED) is 0.691. The van der Waals surface area contributed by atoms with Crippen molar-refractivity contribution < 1.29 is 0 Å². The molecule has 3 rings (SSSR count). The molecule has 4 nitrogen and oxygen atoms in total. The predicted octanol–water partition coefficient (Wildman–Crippen LogP) is 3.79. The lowest BCUT2D eigenvalue weighted by atomic mass is 10.2. The summed E-state index contributed by atoms with van der Waals surface area (Å²) >= 11 is 6.30. The number of aromatic nitrogens is 4. The first kappa shape index (κ1) is 14.0. The smallest absolute Gasteiger partial charge is 0.128 e. The number of imidazole rings is 1. The van der Waals surface area contributed by atoms with E-state index in [-0.39, 0.29) is 5.38 Å². The number of halogens is 1. The number of aryl methyl sites for hydroxylation is 2. The van der Waals surface area contributed by atoms with E-state index in [2.05, 4.69) is 44.6 Å². The summed E-state index contributed by atoms with van der Waals surface area (Å²) in [5.41, 5.74) is 4.21. The van der Waals surface area contributed by atoms with Gasteiger partial charge in [0.05, 0.1) is 28.6 Å². The molecule has 0 radical (unpaired) electrons. The average Bonchev–Trinajstić information content (AvgIpc) is 2.77. The van der Waals surface area contributed by atoms with E-state index >= 15 is 0 Å². The third-order valence-electron chi connectivity index (χ3n) is 3.44. The van der Waals surface area contributed by atoms with Gasteiger partial charge in [-0.15, -0.1) is 11.6 Å². The van der Waals surface area contributed by atoms with E-state index in [1.165, 1.54) is 5.56 Å². The van der Waals surface area contributed by atoms with E-state index in [1.54, 1.807) is 6.20 Å². The van der Waals surface area contributed by atoms with E-state index in [0.717, 1.165) is 28.4 Å². The maximum atomic E-state index is 6.30. The SMILES string of the molecule is Cc1ccc2c(c1)nc(C(C)Cl)n2Cc1ccnc(C)n1. The minimum atomic E-state index is -0.152. The minimum Gasteiger partial charge on any atom is -0.321 e. The van der Waals surface area contributed by atoms with Crippen LogP contribution in [0.25, 0.3) is 11.0 Å². The first-order chi connectivity index (χ1) is 10.0. The Hall–Kier alpha value is -1.94. The highest BCUT2D eigenvalue weighted by molar-refractivity contribution is 6.20. The molecule has 2 aromatic heterocycles. The van der Waals surface area contributed by atoms with Crippen molar-refractivity contribution in [2.45, 2.75) is 32.7 Å². The van der Waals surface area contributed by atoms with Crippen LogP contribution >= 0.6 is 11.6 Å². The third-order valence-corrected chi connectivity index (χ3v) is 3.64. The molecule has 0 aliphatic rings. The average molecular weight is 301 g/mol. The summed E-state index contributed by atoms with van der Waals surface area (Å²) < 4.78 is 2.13. The molecule has 108 valence electrons. The van der Waals surface area contributed by atoms with Gasteiger partial charge in [-0.05, 0) is 44.5 Å². The highest BCUT2D eigenvalue weighted by Crippen LogP contribution is 2.26. The molecule has 0 fully saturated rings. The number of alkyl halides is 1. The van der Waals surface area contributed by atoms with Gasteiger partial charge in [-0.2, -0.15) is 0 Å². The van der Waals surface area contributed by atoms with Crippen molar-refractivity contribution in [1.82, 2.24) is 19.5 Å². The topological polar surface area (TPSA) is 43.6 Å². The molecule has 0 aliphatic heterocycles. The maximum Gasteiger partial charge on any atom is 0.128 e. The fraction of sp³-hybridized carbons (Fsp3) is 0.312. The third kappa shape index (κ3) is 2.76. The van der Waals surface area contributed by atoms with Crippen LogP contribution in [0.15, 0.2) is 30.5 Å². The second kappa shape index (κ2) is 5.45. The summed E-state index contributed by atoms with van der Waals surface area (Å²) in [6, 6.07) is 8.19. The summed E-state index contributed by atoms with van der Waals surface area (Å²) in [7, 11) is 0. The van der Waals surface area contributed by atoms with Crippen LogP contribution in [0, 0.1) is 13.8 Å². The lowest BCUT2D eigenvalue weighted by Crippen LogP contribution is -2.08.